The average molecular weight is 760 g/mol. The molecule has 48 heavy (non-hydrogen) atoms. The maximum absolute atomic E-state index is 14.8. The third-order valence-electron chi connectivity index (χ3n) is 9.52. The maximum Gasteiger partial charge on any atom is 0.324 e. The number of aliphatic hydroxyl groups excluding tert-OH is 2. The van der Waals surface area contributed by atoms with Crippen LogP contribution in [0.15, 0.2) is 103 Å². The number of aliphatic hydroxyl groups is 2. The molecule has 2 saturated heterocycles. The van der Waals surface area contributed by atoms with Crippen LogP contribution < -0.4 is 15.4 Å². The summed E-state index contributed by atoms with van der Waals surface area (Å²) in [6.45, 7) is -0.398. The van der Waals surface area contributed by atoms with Gasteiger partial charge in [-0.05, 0) is 75.2 Å². The first kappa shape index (κ1) is 32.3. The number of hydrogen-bond acceptors (Lipinski definition) is 8. The molecule has 10 nitrogen and oxygen atoms in total. The van der Waals surface area contributed by atoms with Crippen molar-refractivity contribution >= 4 is 46.1 Å². The van der Waals surface area contributed by atoms with Crippen molar-refractivity contribution in [3.8, 4) is 5.75 Å². The van der Waals surface area contributed by atoms with Gasteiger partial charge in [0.25, 0.3) is 0 Å². The number of hydrogen-bond donors (Lipinski definition) is 4. The molecule has 0 radical (unpaired) electrons. The lowest BCUT2D eigenvalue weighted by Crippen LogP contribution is -2.55. The molecule has 0 saturated carbocycles. The summed E-state index contributed by atoms with van der Waals surface area (Å²) in [6, 6.07) is 29.4. The van der Waals surface area contributed by atoms with Gasteiger partial charge in [-0.3, -0.25) is 19.3 Å². The molecule has 246 valence electrons. The number of carbonyl (C=O) groups is 3. The zero-order valence-electron chi connectivity index (χ0n) is 25.8. The number of fused-ring (bicyclic) bond motifs is 3. The van der Waals surface area contributed by atoms with Gasteiger partial charge in [0, 0.05) is 15.8 Å². The van der Waals surface area contributed by atoms with Gasteiger partial charge >= 0.3 is 5.97 Å². The van der Waals surface area contributed by atoms with E-state index in [1.165, 1.54) is 0 Å². The van der Waals surface area contributed by atoms with E-state index in [2.05, 4.69) is 33.2 Å². The Morgan fingerprint density at radius 3 is 2.23 bits per heavy atom. The molecule has 7 rings (SSSR count). The van der Waals surface area contributed by atoms with Gasteiger partial charge in [0.2, 0.25) is 11.8 Å². The summed E-state index contributed by atoms with van der Waals surface area (Å²) in [4.78, 5) is 45.8. The van der Waals surface area contributed by atoms with Crippen molar-refractivity contribution in [2.24, 2.45) is 5.92 Å². The number of nitrogens with zero attached hydrogens (tertiary/aromatic N) is 1. The summed E-state index contributed by atoms with van der Waals surface area (Å²) in [5.41, 5.74) is 1.92. The van der Waals surface area contributed by atoms with Crippen LogP contribution in [0.25, 0.3) is 0 Å². The molecule has 3 aliphatic rings. The predicted octanol–water partition coefficient (Wildman–Crippen LogP) is 4.04. The molecule has 0 aromatic heterocycles. The topological polar surface area (TPSA) is 137 Å². The van der Waals surface area contributed by atoms with Crippen molar-refractivity contribution < 1.29 is 34.1 Å². The van der Waals surface area contributed by atoms with Crippen molar-refractivity contribution in [3.63, 3.8) is 0 Å². The second-order valence-electron chi connectivity index (χ2n) is 12.1. The monoisotopic (exact) mass is 759 g/mol. The smallest absolute Gasteiger partial charge is 0.324 e. The summed E-state index contributed by atoms with van der Waals surface area (Å²) < 4.78 is 12.9. The predicted molar refractivity (Wildman–Crippen MR) is 185 cm³/mol. The number of amides is 2. The van der Waals surface area contributed by atoms with Crippen molar-refractivity contribution in [2.75, 3.05) is 31.7 Å². The first-order valence-corrected chi connectivity index (χ1v) is 16.9. The minimum absolute atomic E-state index is 0.0513. The Kier molecular flexibility index (Phi) is 8.94. The molecule has 4 N–H and O–H groups in total. The average Bonchev–Trinajstić information content (AvgIpc) is 3.59. The molecule has 1 spiro atoms. The van der Waals surface area contributed by atoms with E-state index in [1.807, 2.05) is 95.9 Å². The molecule has 11 heteroatoms. The van der Waals surface area contributed by atoms with Gasteiger partial charge in [-0.25, -0.2) is 0 Å². The SMILES string of the molecule is O=C1O[C@H](c2ccccc2)[C@H](c2ccccc2)N2[C@H]1[C@@H](C(=O)NCCO)[C@]1(C(=O)Nc3ccc(I)cc31)[C@H]2c1ccc(OCCO)cc1. The Labute approximate surface area is 291 Å². The quantitative estimate of drug-likeness (QED) is 0.148. The molecule has 3 heterocycles. The molecular formula is C37H34IN3O7. The molecule has 0 bridgehead atoms. The fourth-order valence-electron chi connectivity index (χ4n) is 7.76. The summed E-state index contributed by atoms with van der Waals surface area (Å²) in [5, 5.41) is 24.9. The van der Waals surface area contributed by atoms with E-state index in [9.17, 15) is 24.6 Å². The number of morpholine rings is 1. The van der Waals surface area contributed by atoms with Gasteiger partial charge in [0.1, 0.15) is 29.9 Å². The number of anilines is 1. The van der Waals surface area contributed by atoms with Gasteiger partial charge in [0.05, 0.1) is 31.2 Å². The van der Waals surface area contributed by atoms with Gasteiger partial charge in [-0.15, -0.1) is 0 Å². The third-order valence-corrected chi connectivity index (χ3v) is 10.2. The van der Waals surface area contributed by atoms with Crippen LogP contribution >= 0.6 is 22.6 Å². The highest BCUT2D eigenvalue weighted by Crippen LogP contribution is 2.64. The van der Waals surface area contributed by atoms with Crippen LogP contribution in [0.1, 0.15) is 40.4 Å². The highest BCUT2D eigenvalue weighted by Gasteiger charge is 2.74. The summed E-state index contributed by atoms with van der Waals surface area (Å²) >= 11 is 2.19. The fourth-order valence-corrected chi connectivity index (χ4v) is 8.26. The summed E-state index contributed by atoms with van der Waals surface area (Å²) in [7, 11) is 0. The van der Waals surface area contributed by atoms with Crippen LogP contribution in [0.5, 0.6) is 5.75 Å². The molecule has 3 aliphatic heterocycles. The van der Waals surface area contributed by atoms with Crippen LogP contribution in [-0.4, -0.2) is 65.3 Å². The molecule has 0 aliphatic carbocycles. The second kappa shape index (κ2) is 13.3. The molecule has 2 fully saturated rings. The first-order valence-electron chi connectivity index (χ1n) is 15.8. The highest BCUT2D eigenvalue weighted by molar-refractivity contribution is 14.1. The normalized spacial score (nSPS) is 26.0. The van der Waals surface area contributed by atoms with Crippen LogP contribution in [0.4, 0.5) is 5.69 Å². The Morgan fingerprint density at radius 2 is 1.56 bits per heavy atom. The van der Waals surface area contributed by atoms with Gasteiger partial charge < -0.3 is 30.3 Å². The molecular weight excluding hydrogens is 725 g/mol. The third kappa shape index (κ3) is 5.25. The van der Waals surface area contributed by atoms with Crippen molar-refractivity contribution in [1.82, 2.24) is 10.2 Å². The van der Waals surface area contributed by atoms with Crippen molar-refractivity contribution in [3.05, 3.63) is 129 Å². The lowest BCUT2D eigenvalue weighted by Gasteiger charge is -2.46. The van der Waals surface area contributed by atoms with Crippen LogP contribution in [-0.2, 0) is 24.5 Å². The number of carbonyl (C=O) groups excluding carboxylic acids is 3. The molecule has 2 amide bonds. The lowest BCUT2D eigenvalue weighted by molar-refractivity contribution is -0.178. The number of nitrogens with one attached hydrogen (secondary N) is 2. The van der Waals surface area contributed by atoms with E-state index in [4.69, 9.17) is 9.47 Å². The van der Waals surface area contributed by atoms with Gasteiger partial charge in [-0.2, -0.15) is 0 Å². The van der Waals surface area contributed by atoms with Crippen LogP contribution in [0.2, 0.25) is 0 Å². The molecule has 6 atom stereocenters. The van der Waals surface area contributed by atoms with E-state index < -0.39 is 53.3 Å². The first-order chi connectivity index (χ1) is 23.4. The summed E-state index contributed by atoms with van der Waals surface area (Å²) in [5.74, 6) is -2.25. The standard InChI is InChI=1S/C37H34IN3O7/c38-25-13-16-28-27(21-25)37(36(46)40-28)29(34(44)39-17-18-42)31-35(45)48-32(23-9-5-2-6-10-23)30(22-7-3-1-4-8-22)41(31)33(37)24-11-14-26(15-12-24)47-20-19-43/h1-16,21,29-33,42-43H,17-20H2,(H,39,44)(H,40,46)/t29-,30-,31-,32+,33+,37-/m0/s1. The van der Waals surface area contributed by atoms with Crippen LogP contribution in [0.3, 0.4) is 0 Å². The molecule has 4 aromatic rings. The van der Waals surface area contributed by atoms with E-state index >= 15 is 0 Å². The van der Waals surface area contributed by atoms with Crippen molar-refractivity contribution in [2.45, 2.75) is 29.6 Å². The molecule has 0 unspecified atom stereocenters. The number of rotatable bonds is 9. The van der Waals surface area contributed by atoms with E-state index in [1.54, 1.807) is 12.1 Å². The van der Waals surface area contributed by atoms with Gasteiger partial charge in [0.15, 0.2) is 0 Å². The number of benzene rings is 4. The number of esters is 1. The largest absolute Gasteiger partial charge is 0.491 e. The second-order valence-corrected chi connectivity index (χ2v) is 13.3. The number of ether oxygens (including phenoxy) is 2. The minimum Gasteiger partial charge on any atom is -0.491 e. The number of halogens is 1. The zero-order valence-corrected chi connectivity index (χ0v) is 27.9. The van der Waals surface area contributed by atoms with E-state index in [0.717, 1.165) is 14.7 Å². The van der Waals surface area contributed by atoms with Crippen molar-refractivity contribution in [1.29, 1.82) is 0 Å². The Balaban J connectivity index is 1.53. The Morgan fingerprint density at radius 1 is 0.875 bits per heavy atom. The minimum atomic E-state index is -1.58. The van der Waals surface area contributed by atoms with E-state index in [-0.39, 0.29) is 26.4 Å². The molecule has 4 aromatic carbocycles. The number of cyclic esters (lactones) is 1. The Hall–Kier alpha value is -4.30. The maximum atomic E-state index is 14.8. The summed E-state index contributed by atoms with van der Waals surface area (Å²) in [6.07, 6.45) is -0.761. The lowest BCUT2D eigenvalue weighted by atomic mass is 9.65. The van der Waals surface area contributed by atoms with E-state index in [0.29, 0.717) is 22.6 Å². The zero-order chi connectivity index (χ0) is 33.4. The Bertz CT molecular complexity index is 1820. The van der Waals surface area contributed by atoms with Gasteiger partial charge in [-0.1, -0.05) is 72.8 Å². The van der Waals surface area contributed by atoms with Crippen LogP contribution in [0, 0.1) is 9.49 Å². The highest BCUT2D eigenvalue weighted by atomic mass is 127. The fraction of sp³-hybridized carbons (Fsp3) is 0.270.